The molecule has 2 heterocycles. The molecule has 0 unspecified atom stereocenters. The van der Waals surface area contributed by atoms with E-state index < -0.39 is 4.92 Å². The molecule has 0 spiro atoms. The predicted octanol–water partition coefficient (Wildman–Crippen LogP) is 5.51. The first-order valence-electron chi connectivity index (χ1n) is 10.3. The molecule has 1 amide bonds. The van der Waals surface area contributed by atoms with Crippen LogP contribution in [-0.2, 0) is 6.42 Å². The molecule has 2 aliphatic rings. The van der Waals surface area contributed by atoms with Crippen LogP contribution in [0, 0.1) is 16.0 Å². The van der Waals surface area contributed by atoms with Gasteiger partial charge in [-0.15, -0.1) is 11.3 Å². The van der Waals surface area contributed by atoms with Gasteiger partial charge in [0, 0.05) is 41.1 Å². The summed E-state index contributed by atoms with van der Waals surface area (Å²) in [7, 11) is 0. The van der Waals surface area contributed by atoms with E-state index in [1.165, 1.54) is 35.6 Å². The molecule has 6 nitrogen and oxygen atoms in total. The van der Waals surface area contributed by atoms with E-state index in [0.29, 0.717) is 30.9 Å². The molecule has 2 aromatic carbocycles. The highest BCUT2D eigenvalue weighted by molar-refractivity contribution is 7.17. The van der Waals surface area contributed by atoms with Gasteiger partial charge in [-0.05, 0) is 55.0 Å². The van der Waals surface area contributed by atoms with E-state index in [2.05, 4.69) is 0 Å². The number of rotatable bonds is 5. The Morgan fingerprint density at radius 2 is 1.84 bits per heavy atom. The molecule has 7 heteroatoms. The van der Waals surface area contributed by atoms with Crippen LogP contribution < -0.4 is 4.90 Å². The summed E-state index contributed by atoms with van der Waals surface area (Å²) < 4.78 is 0. The molecule has 0 saturated heterocycles. The number of anilines is 1. The van der Waals surface area contributed by atoms with Crippen molar-refractivity contribution < 1.29 is 14.5 Å². The quantitative estimate of drug-likeness (QED) is 0.302. The number of nitro groups is 1. The van der Waals surface area contributed by atoms with Gasteiger partial charge < -0.3 is 4.90 Å². The van der Waals surface area contributed by atoms with E-state index in [1.54, 1.807) is 4.90 Å². The number of hydrogen-bond acceptors (Lipinski definition) is 5. The highest BCUT2D eigenvalue weighted by atomic mass is 32.1. The second-order valence-electron chi connectivity index (χ2n) is 8.06. The maximum Gasteiger partial charge on any atom is 0.269 e. The van der Waals surface area contributed by atoms with Crippen molar-refractivity contribution in [3.8, 4) is 10.4 Å². The van der Waals surface area contributed by atoms with Crippen molar-refractivity contribution in [3.63, 3.8) is 0 Å². The smallest absolute Gasteiger partial charge is 0.269 e. The Kier molecular flexibility index (Phi) is 4.90. The fraction of sp³-hybridized carbons (Fsp3) is 0.250. The molecule has 5 rings (SSSR count). The molecule has 1 saturated carbocycles. The van der Waals surface area contributed by atoms with Gasteiger partial charge >= 0.3 is 0 Å². The third kappa shape index (κ3) is 3.77. The summed E-state index contributed by atoms with van der Waals surface area (Å²) in [6, 6.07) is 15.4. The van der Waals surface area contributed by atoms with Gasteiger partial charge in [-0.25, -0.2) is 0 Å². The predicted molar refractivity (Wildman–Crippen MR) is 120 cm³/mol. The zero-order valence-corrected chi connectivity index (χ0v) is 17.6. The van der Waals surface area contributed by atoms with Gasteiger partial charge in [0.25, 0.3) is 11.6 Å². The van der Waals surface area contributed by atoms with Crippen LogP contribution in [0.2, 0.25) is 0 Å². The van der Waals surface area contributed by atoms with Crippen molar-refractivity contribution in [2.75, 3.05) is 11.4 Å². The number of hydrogen-bond donors (Lipinski definition) is 0. The minimum absolute atomic E-state index is 0.0432. The Balaban J connectivity index is 1.48. The van der Waals surface area contributed by atoms with E-state index in [1.807, 2.05) is 30.3 Å². The fourth-order valence-electron chi connectivity index (χ4n) is 4.01. The average molecular weight is 433 g/mol. The van der Waals surface area contributed by atoms with Gasteiger partial charge in [0.15, 0.2) is 5.78 Å². The summed E-state index contributed by atoms with van der Waals surface area (Å²) in [5, 5.41) is 10.9. The first-order chi connectivity index (χ1) is 15.0. The molecule has 0 bridgehead atoms. The van der Waals surface area contributed by atoms with Crippen molar-refractivity contribution in [1.82, 2.24) is 0 Å². The summed E-state index contributed by atoms with van der Waals surface area (Å²) in [6.07, 6.45) is 3.58. The van der Waals surface area contributed by atoms with Crippen molar-refractivity contribution in [2.24, 2.45) is 5.92 Å². The molecule has 0 radical (unpaired) electrons. The lowest BCUT2D eigenvalue weighted by atomic mass is 10.1. The molecule has 1 aromatic heterocycles. The summed E-state index contributed by atoms with van der Waals surface area (Å²) in [5.74, 6) is 0.580. The number of fused-ring (bicyclic) bond motifs is 3. The van der Waals surface area contributed by atoms with Crippen molar-refractivity contribution in [1.29, 1.82) is 0 Å². The first kappa shape index (κ1) is 19.6. The monoisotopic (exact) mass is 432 g/mol. The van der Waals surface area contributed by atoms with Crippen molar-refractivity contribution in [2.45, 2.75) is 25.7 Å². The number of thiophene rings is 1. The Morgan fingerprint density at radius 1 is 1.10 bits per heavy atom. The van der Waals surface area contributed by atoms with E-state index >= 15 is 0 Å². The maximum atomic E-state index is 13.3. The molecule has 1 aliphatic carbocycles. The number of carbonyl (C=O) groups excluding carboxylic acids is 2. The zero-order chi connectivity index (χ0) is 21.5. The molecular weight excluding hydrogens is 412 g/mol. The second kappa shape index (κ2) is 7.74. The molecule has 3 aromatic rings. The Hall–Kier alpha value is -3.32. The van der Waals surface area contributed by atoms with Crippen LogP contribution in [0.5, 0.6) is 0 Å². The van der Waals surface area contributed by atoms with Crippen molar-refractivity contribution in [3.05, 3.63) is 80.7 Å². The molecule has 0 N–H and O–H groups in total. The Labute approximate surface area is 183 Å². The molecule has 0 atom stereocenters. The normalized spacial score (nSPS) is 15.0. The fourth-order valence-corrected chi connectivity index (χ4v) is 5.20. The lowest BCUT2D eigenvalue weighted by Crippen LogP contribution is -2.32. The SMILES string of the molecule is O=C(CC1CC1)c1cc2c(s1)-c1ccccc1N(C(=O)c1ccc([N+](=O)[O-])cc1)CC2. The number of nitro benzene ring substituents is 1. The number of amides is 1. The van der Waals surface area contributed by atoms with E-state index in [4.69, 9.17) is 0 Å². The zero-order valence-electron chi connectivity index (χ0n) is 16.7. The van der Waals surface area contributed by atoms with Gasteiger partial charge in [0.05, 0.1) is 15.5 Å². The Morgan fingerprint density at radius 3 is 2.55 bits per heavy atom. The highest BCUT2D eigenvalue weighted by Crippen LogP contribution is 2.43. The van der Waals surface area contributed by atoms with Crippen LogP contribution in [0.25, 0.3) is 10.4 Å². The average Bonchev–Trinajstić information content (AvgIpc) is 3.52. The summed E-state index contributed by atoms with van der Waals surface area (Å²) in [5.41, 5.74) is 3.20. The van der Waals surface area contributed by atoms with Crippen molar-refractivity contribution >= 4 is 34.4 Å². The van der Waals surface area contributed by atoms with Gasteiger partial charge in [-0.1, -0.05) is 18.2 Å². The van der Waals surface area contributed by atoms with E-state index in [9.17, 15) is 19.7 Å². The Bertz CT molecular complexity index is 1190. The number of para-hydroxylation sites is 1. The minimum Gasteiger partial charge on any atom is -0.307 e. The molecular formula is C24H20N2O4S. The van der Waals surface area contributed by atoms with Crippen LogP contribution in [0.3, 0.4) is 0 Å². The number of non-ortho nitro benzene ring substituents is 1. The summed E-state index contributed by atoms with van der Waals surface area (Å²) in [4.78, 5) is 39.9. The number of Topliss-reactive ketones (excluding diaryl/α,β-unsaturated/α-hetero) is 1. The number of nitrogens with zero attached hydrogens (tertiary/aromatic N) is 2. The largest absolute Gasteiger partial charge is 0.307 e. The minimum atomic E-state index is -0.477. The first-order valence-corrected chi connectivity index (χ1v) is 11.1. The number of carbonyl (C=O) groups is 2. The number of benzene rings is 2. The van der Waals surface area contributed by atoms with Crippen LogP contribution in [0.1, 0.15) is 44.9 Å². The third-order valence-corrected chi connectivity index (χ3v) is 7.12. The van der Waals surface area contributed by atoms with Gasteiger partial charge in [0.2, 0.25) is 0 Å². The van der Waals surface area contributed by atoms with Crippen LogP contribution in [0.4, 0.5) is 11.4 Å². The van der Waals surface area contributed by atoms with E-state index in [-0.39, 0.29) is 17.4 Å². The molecule has 1 fully saturated rings. The van der Waals surface area contributed by atoms with Crippen LogP contribution >= 0.6 is 11.3 Å². The van der Waals surface area contributed by atoms with Gasteiger partial charge in [0.1, 0.15) is 0 Å². The van der Waals surface area contributed by atoms with E-state index in [0.717, 1.165) is 39.4 Å². The standard InChI is InChI=1S/C24H20N2O4S/c27-21(13-15-5-6-15)22-14-17-11-12-25(20-4-2-1-3-19(20)23(17)31-22)24(28)16-7-9-18(10-8-16)26(29)30/h1-4,7-10,14-15H,5-6,11-13H2. The third-order valence-electron chi connectivity index (χ3n) is 5.87. The van der Waals surface area contributed by atoms with Gasteiger partial charge in [-0.2, -0.15) is 0 Å². The van der Waals surface area contributed by atoms with Crippen LogP contribution in [0.15, 0.2) is 54.6 Å². The number of ketones is 1. The topological polar surface area (TPSA) is 80.5 Å². The molecule has 156 valence electrons. The molecule has 1 aliphatic heterocycles. The summed E-state index contributed by atoms with van der Waals surface area (Å²) in [6.45, 7) is 0.479. The summed E-state index contributed by atoms with van der Waals surface area (Å²) >= 11 is 1.52. The molecule has 31 heavy (non-hydrogen) atoms. The maximum absolute atomic E-state index is 13.3. The second-order valence-corrected chi connectivity index (χ2v) is 9.12. The van der Waals surface area contributed by atoms with Gasteiger partial charge in [-0.3, -0.25) is 19.7 Å². The lowest BCUT2D eigenvalue weighted by molar-refractivity contribution is -0.384. The lowest BCUT2D eigenvalue weighted by Gasteiger charge is -2.23. The highest BCUT2D eigenvalue weighted by Gasteiger charge is 2.29. The van der Waals surface area contributed by atoms with Crippen LogP contribution in [-0.4, -0.2) is 23.2 Å².